The van der Waals surface area contributed by atoms with Crippen LogP contribution >= 0.6 is 27.7 Å². The van der Waals surface area contributed by atoms with Crippen molar-refractivity contribution >= 4 is 27.7 Å². The number of thioether (sulfide) groups is 1. The number of hydrogen-bond acceptors (Lipinski definition) is 4. The molecule has 2 rings (SSSR count). The third-order valence-corrected chi connectivity index (χ3v) is 7.21. The average Bonchev–Trinajstić information content (AvgIpc) is 2.76. The molecule has 0 saturated carbocycles. The zero-order chi connectivity index (χ0) is 21.9. The molecule has 0 saturated heterocycles. The molecule has 0 spiro atoms. The maximum atomic E-state index is 9.96. The molecule has 162 valence electrons. The van der Waals surface area contributed by atoms with Gasteiger partial charge in [0.2, 0.25) is 0 Å². The van der Waals surface area contributed by atoms with Gasteiger partial charge in [-0.05, 0) is 56.4 Å². The van der Waals surface area contributed by atoms with Crippen LogP contribution in [0.5, 0.6) is 11.5 Å². The Labute approximate surface area is 194 Å². The lowest BCUT2D eigenvalue weighted by Crippen LogP contribution is -2.04. The van der Waals surface area contributed by atoms with Crippen LogP contribution in [0.25, 0.3) is 0 Å². The van der Waals surface area contributed by atoms with E-state index in [0.717, 1.165) is 53.2 Å². The van der Waals surface area contributed by atoms with Crippen molar-refractivity contribution in [2.75, 3.05) is 14.2 Å². The van der Waals surface area contributed by atoms with Crippen LogP contribution in [0.2, 0.25) is 0 Å². The molecule has 0 aliphatic heterocycles. The minimum absolute atomic E-state index is 0.300. The van der Waals surface area contributed by atoms with Crippen molar-refractivity contribution < 1.29 is 9.47 Å². The Morgan fingerprint density at radius 1 is 1.03 bits per heavy atom. The summed E-state index contributed by atoms with van der Waals surface area (Å²) in [7, 11) is 3.33. The first kappa shape index (κ1) is 24.6. The van der Waals surface area contributed by atoms with Crippen molar-refractivity contribution in [3.05, 3.63) is 53.1 Å². The standard InChI is InChI=1S/C25H32BrNO2S/c1-5-8-19(26)9-6-7-10-22-21(15-16-23(28-3)25(22)29-4)24(17-27)30-20-13-11-18(2)12-14-20/h11-16,19,24H,5-10H2,1-4H3. The second-order valence-corrected chi connectivity index (χ2v) is 9.91. The van der Waals surface area contributed by atoms with Gasteiger partial charge >= 0.3 is 0 Å². The van der Waals surface area contributed by atoms with E-state index in [2.05, 4.69) is 60.1 Å². The minimum Gasteiger partial charge on any atom is -0.493 e. The van der Waals surface area contributed by atoms with Gasteiger partial charge in [-0.3, -0.25) is 0 Å². The fraction of sp³-hybridized carbons (Fsp3) is 0.480. The van der Waals surface area contributed by atoms with Crippen LogP contribution in [-0.2, 0) is 6.42 Å². The summed E-state index contributed by atoms with van der Waals surface area (Å²) in [6.07, 6.45) is 6.62. The van der Waals surface area contributed by atoms with Crippen LogP contribution in [0.15, 0.2) is 41.3 Å². The van der Waals surface area contributed by atoms with E-state index in [4.69, 9.17) is 9.47 Å². The van der Waals surface area contributed by atoms with E-state index in [-0.39, 0.29) is 5.25 Å². The van der Waals surface area contributed by atoms with E-state index >= 15 is 0 Å². The molecule has 30 heavy (non-hydrogen) atoms. The first-order valence-corrected chi connectivity index (χ1v) is 12.3. The Morgan fingerprint density at radius 2 is 1.77 bits per heavy atom. The van der Waals surface area contributed by atoms with Crippen LogP contribution in [0.4, 0.5) is 0 Å². The van der Waals surface area contributed by atoms with Gasteiger partial charge in [0.25, 0.3) is 0 Å². The summed E-state index contributed by atoms with van der Waals surface area (Å²) in [5.41, 5.74) is 3.32. The molecule has 0 heterocycles. The highest BCUT2D eigenvalue weighted by molar-refractivity contribution is 9.09. The van der Waals surface area contributed by atoms with Crippen molar-refractivity contribution in [1.82, 2.24) is 0 Å². The molecule has 0 amide bonds. The fourth-order valence-electron chi connectivity index (χ4n) is 3.55. The number of nitrogens with zero attached hydrogens (tertiary/aromatic N) is 1. The van der Waals surface area contributed by atoms with Crippen molar-refractivity contribution in [2.45, 2.75) is 67.3 Å². The normalized spacial score (nSPS) is 12.8. The summed E-state index contributed by atoms with van der Waals surface area (Å²) in [5.74, 6) is 1.47. The lowest BCUT2D eigenvalue weighted by atomic mass is 9.97. The molecule has 2 unspecified atom stereocenters. The van der Waals surface area contributed by atoms with Gasteiger partial charge in [-0.25, -0.2) is 0 Å². The number of methoxy groups -OCH3 is 2. The van der Waals surface area contributed by atoms with Gasteiger partial charge in [0.05, 0.1) is 20.3 Å². The van der Waals surface area contributed by atoms with Crippen LogP contribution in [-0.4, -0.2) is 19.0 Å². The molecular formula is C25H32BrNO2S. The van der Waals surface area contributed by atoms with Crippen molar-refractivity contribution in [2.24, 2.45) is 0 Å². The number of nitriles is 1. The molecule has 0 fully saturated rings. The molecule has 0 radical (unpaired) electrons. The smallest absolute Gasteiger partial charge is 0.164 e. The molecule has 0 aliphatic carbocycles. The molecule has 0 aliphatic rings. The number of benzene rings is 2. The zero-order valence-electron chi connectivity index (χ0n) is 18.4. The minimum atomic E-state index is -0.300. The van der Waals surface area contributed by atoms with E-state index in [1.54, 1.807) is 26.0 Å². The highest BCUT2D eigenvalue weighted by atomic mass is 79.9. The van der Waals surface area contributed by atoms with Gasteiger partial charge in [-0.2, -0.15) is 5.26 Å². The topological polar surface area (TPSA) is 42.2 Å². The second kappa shape index (κ2) is 12.9. The Kier molecular flexibility index (Phi) is 10.6. The monoisotopic (exact) mass is 489 g/mol. The van der Waals surface area contributed by atoms with Crippen LogP contribution in [0, 0.1) is 18.3 Å². The number of halogens is 1. The van der Waals surface area contributed by atoms with Crippen molar-refractivity contribution in [3.8, 4) is 17.6 Å². The molecule has 2 aromatic rings. The van der Waals surface area contributed by atoms with Gasteiger partial charge in [0, 0.05) is 15.3 Å². The van der Waals surface area contributed by atoms with E-state index in [1.807, 2.05) is 12.1 Å². The maximum Gasteiger partial charge on any atom is 0.164 e. The molecule has 0 N–H and O–H groups in total. The number of alkyl halides is 1. The fourth-order valence-corrected chi connectivity index (χ4v) is 5.29. The molecular weight excluding hydrogens is 458 g/mol. The summed E-state index contributed by atoms with van der Waals surface area (Å²) in [6.45, 7) is 4.29. The maximum absolute atomic E-state index is 9.96. The Morgan fingerprint density at radius 3 is 2.37 bits per heavy atom. The van der Waals surface area contributed by atoms with Gasteiger partial charge in [0.15, 0.2) is 11.5 Å². The van der Waals surface area contributed by atoms with Gasteiger partial charge in [0.1, 0.15) is 5.25 Å². The summed E-state index contributed by atoms with van der Waals surface area (Å²) < 4.78 is 11.3. The van der Waals surface area contributed by atoms with Gasteiger partial charge in [-0.15, -0.1) is 11.8 Å². The zero-order valence-corrected chi connectivity index (χ0v) is 20.8. The number of ether oxygens (including phenoxy) is 2. The largest absolute Gasteiger partial charge is 0.493 e. The first-order valence-electron chi connectivity index (χ1n) is 10.5. The van der Waals surface area contributed by atoms with E-state index in [9.17, 15) is 5.26 Å². The van der Waals surface area contributed by atoms with Gasteiger partial charge < -0.3 is 9.47 Å². The van der Waals surface area contributed by atoms with E-state index in [1.165, 1.54) is 18.4 Å². The van der Waals surface area contributed by atoms with Crippen LogP contribution in [0.1, 0.15) is 61.0 Å². The number of hydrogen-bond donors (Lipinski definition) is 0. The molecule has 2 atom stereocenters. The molecule has 0 aromatic heterocycles. The summed E-state index contributed by atoms with van der Waals surface area (Å²) >= 11 is 5.36. The average molecular weight is 491 g/mol. The van der Waals surface area contributed by atoms with E-state index in [0.29, 0.717) is 4.83 Å². The van der Waals surface area contributed by atoms with Crippen LogP contribution < -0.4 is 9.47 Å². The lowest BCUT2D eigenvalue weighted by Gasteiger charge is -2.20. The summed E-state index contributed by atoms with van der Waals surface area (Å²) in [6, 6.07) is 14.8. The predicted molar refractivity (Wildman–Crippen MR) is 130 cm³/mol. The Balaban J connectivity index is 2.25. The lowest BCUT2D eigenvalue weighted by molar-refractivity contribution is 0.350. The molecule has 0 bridgehead atoms. The molecule has 3 nitrogen and oxygen atoms in total. The van der Waals surface area contributed by atoms with Crippen molar-refractivity contribution in [3.63, 3.8) is 0 Å². The summed E-state index contributed by atoms with van der Waals surface area (Å²) in [4.78, 5) is 1.67. The summed E-state index contributed by atoms with van der Waals surface area (Å²) in [5, 5.41) is 9.66. The van der Waals surface area contributed by atoms with Crippen LogP contribution in [0.3, 0.4) is 0 Å². The SMILES string of the molecule is CCCC(Br)CCCCc1c(C(C#N)Sc2ccc(C)cc2)ccc(OC)c1OC. The third-order valence-electron chi connectivity index (χ3n) is 5.16. The first-order chi connectivity index (χ1) is 14.5. The second-order valence-electron chi connectivity index (χ2n) is 7.44. The Bertz CT molecular complexity index is 832. The third kappa shape index (κ3) is 6.96. The Hall–Kier alpha value is -1.64. The molecule has 5 heteroatoms. The number of rotatable bonds is 12. The van der Waals surface area contributed by atoms with Gasteiger partial charge in [-0.1, -0.05) is 59.5 Å². The number of aryl methyl sites for hydroxylation is 1. The highest BCUT2D eigenvalue weighted by Crippen LogP contribution is 2.43. The molecule has 2 aromatic carbocycles. The number of unbranched alkanes of at least 4 members (excludes halogenated alkanes) is 1. The quantitative estimate of drug-likeness (QED) is 0.174. The van der Waals surface area contributed by atoms with E-state index < -0.39 is 0 Å². The highest BCUT2D eigenvalue weighted by Gasteiger charge is 2.22. The van der Waals surface area contributed by atoms with Crippen molar-refractivity contribution in [1.29, 1.82) is 5.26 Å². The predicted octanol–water partition coefficient (Wildman–Crippen LogP) is 7.65.